The first-order valence-electron chi connectivity index (χ1n) is 16.3. The van der Waals surface area contributed by atoms with Gasteiger partial charge in [0, 0.05) is 53.1 Å². The molecule has 0 radical (unpaired) electrons. The summed E-state index contributed by atoms with van der Waals surface area (Å²) in [4.78, 5) is 43.2. The van der Waals surface area contributed by atoms with Crippen LogP contribution >= 0.6 is 0 Å². The Morgan fingerprint density at radius 2 is 1.42 bits per heavy atom. The van der Waals surface area contributed by atoms with Crippen LogP contribution in [-0.4, -0.2) is 58.4 Å². The fourth-order valence-electron chi connectivity index (χ4n) is 7.39. The van der Waals surface area contributed by atoms with Gasteiger partial charge in [0.2, 0.25) is 0 Å². The molecule has 8 N–H and O–H groups in total. The second kappa shape index (κ2) is 13.0. The summed E-state index contributed by atoms with van der Waals surface area (Å²) in [5, 5.41) is 86.2. The lowest BCUT2D eigenvalue weighted by Gasteiger charge is -2.39. The number of allylic oxidation sites excluding steroid dienone is 4. The lowest BCUT2D eigenvalue weighted by Crippen LogP contribution is -2.49. The molecular weight excluding hydrogens is 672 g/mol. The van der Waals surface area contributed by atoms with Gasteiger partial charge in [0.05, 0.1) is 5.56 Å². The molecule has 6 rings (SSSR count). The number of hydrogen-bond acceptors (Lipinski definition) is 12. The highest BCUT2D eigenvalue weighted by molar-refractivity contribution is 6.23. The Labute approximate surface area is 297 Å². The van der Waals surface area contributed by atoms with E-state index in [1.165, 1.54) is 36.4 Å². The summed E-state index contributed by atoms with van der Waals surface area (Å²) in [6, 6.07) is 11.6. The molecule has 1 heterocycles. The van der Waals surface area contributed by atoms with E-state index >= 15 is 0 Å². The van der Waals surface area contributed by atoms with Crippen LogP contribution < -0.4 is 4.74 Å². The molecule has 12 nitrogen and oxygen atoms in total. The smallest absolute Gasteiger partial charge is 0.330 e. The number of ether oxygens (including phenoxy) is 1. The van der Waals surface area contributed by atoms with E-state index in [1.807, 2.05) is 0 Å². The maximum Gasteiger partial charge on any atom is 0.330 e. The van der Waals surface area contributed by atoms with Crippen molar-refractivity contribution in [3.63, 3.8) is 0 Å². The minimum Gasteiger partial charge on any atom is -0.508 e. The molecule has 4 aromatic rings. The predicted molar refractivity (Wildman–Crippen MR) is 186 cm³/mol. The lowest BCUT2D eigenvalue weighted by atomic mass is 9.64. The average molecular weight is 709 g/mol. The Hall–Kier alpha value is -6.43. The van der Waals surface area contributed by atoms with Crippen molar-refractivity contribution in [2.24, 2.45) is 5.92 Å². The highest BCUT2D eigenvalue weighted by atomic mass is 16.5. The number of ketones is 2. The number of benzene rings is 4. The van der Waals surface area contributed by atoms with Crippen LogP contribution in [-0.2, 0) is 10.2 Å². The van der Waals surface area contributed by atoms with Gasteiger partial charge in [-0.2, -0.15) is 0 Å². The Bertz CT molecular complexity index is 2230. The number of rotatable bonds is 7. The van der Waals surface area contributed by atoms with Gasteiger partial charge >= 0.3 is 5.97 Å². The van der Waals surface area contributed by atoms with Crippen LogP contribution in [0.5, 0.6) is 51.7 Å². The fraction of sp³-hybridized carbons (Fsp3) is 0.225. The van der Waals surface area contributed by atoms with Crippen molar-refractivity contribution in [2.75, 3.05) is 0 Å². The van der Waals surface area contributed by atoms with Gasteiger partial charge in [-0.25, -0.2) is 0 Å². The number of fused-ring (bicyclic) bond motifs is 1. The van der Waals surface area contributed by atoms with Gasteiger partial charge in [-0.05, 0) is 63.4 Å². The second-order valence-corrected chi connectivity index (χ2v) is 13.5. The van der Waals surface area contributed by atoms with Crippen LogP contribution in [0.4, 0.5) is 0 Å². The van der Waals surface area contributed by atoms with Crippen molar-refractivity contribution in [3.8, 4) is 51.7 Å². The van der Waals surface area contributed by atoms with Gasteiger partial charge in [0.1, 0.15) is 57.3 Å². The largest absolute Gasteiger partial charge is 0.508 e. The van der Waals surface area contributed by atoms with E-state index in [0.717, 1.165) is 24.3 Å². The molecule has 0 unspecified atom stereocenters. The van der Waals surface area contributed by atoms with Gasteiger partial charge in [0.15, 0.2) is 17.0 Å². The number of phenolic OH excluding ortho intramolecular Hbond substituents is 8. The number of Topliss-reactive ketones (excluding diaryl/α,β-unsaturated/α-hetero) is 2. The molecule has 1 aliphatic carbocycles. The molecule has 4 aromatic carbocycles. The number of carbonyl (C=O) groups is 3. The molecule has 52 heavy (non-hydrogen) atoms. The number of phenols is 8. The topological polar surface area (TPSA) is 222 Å². The van der Waals surface area contributed by atoms with Gasteiger partial charge in [-0.3, -0.25) is 14.4 Å². The highest BCUT2D eigenvalue weighted by Gasteiger charge is 2.56. The van der Waals surface area contributed by atoms with Crippen LogP contribution in [0, 0.1) is 5.92 Å². The zero-order chi connectivity index (χ0) is 37.8. The highest BCUT2D eigenvalue weighted by Crippen LogP contribution is 2.56. The SMILES string of the molecule is CC(C)=CC[C@@]1(c2ccc(O)cc2O)C(=O)Oc2cc(O)c([C@H]3C=C(C)C[C@@H](c4ccc(O)cc4O)[C@H]3C(=O)c3ccc(O)cc3O)c(O)c2C1=O. The number of esters is 1. The van der Waals surface area contributed by atoms with E-state index < -0.39 is 75.0 Å². The van der Waals surface area contributed by atoms with Crippen molar-refractivity contribution < 1.29 is 60.0 Å². The summed E-state index contributed by atoms with van der Waals surface area (Å²) in [7, 11) is 0. The maximum absolute atomic E-state index is 14.8. The molecule has 268 valence electrons. The number of carbonyl (C=O) groups excluding carboxylic acids is 3. The van der Waals surface area contributed by atoms with Crippen LogP contribution in [0.3, 0.4) is 0 Å². The third kappa shape index (κ3) is 5.81. The molecule has 0 amide bonds. The standard InChI is InChI=1S/C40H36O12/c1-18(2)10-11-40(27-9-6-22(43)16-30(27)46)38(50)35-32(52-39(40)51)17-31(47)34(37(35)49)26-13-19(3)12-25(23-7-4-20(41)14-28(23)44)33(26)36(48)24-8-5-21(42)15-29(24)45/h4-10,13-17,25-26,33,41-47,49H,11-12H2,1-3H3/t25-,26-,33+,40-/m0/s1. The summed E-state index contributed by atoms with van der Waals surface area (Å²) < 4.78 is 5.62. The van der Waals surface area contributed by atoms with Gasteiger partial charge in [-0.15, -0.1) is 0 Å². The summed E-state index contributed by atoms with van der Waals surface area (Å²) in [6.07, 6.45) is 3.05. The average Bonchev–Trinajstić information content (AvgIpc) is 3.04. The van der Waals surface area contributed by atoms with Crippen LogP contribution in [0.1, 0.15) is 82.9 Å². The fourth-order valence-corrected chi connectivity index (χ4v) is 7.39. The first kappa shape index (κ1) is 35.4. The zero-order valence-corrected chi connectivity index (χ0v) is 28.3. The molecule has 4 atom stereocenters. The lowest BCUT2D eigenvalue weighted by molar-refractivity contribution is -0.139. The van der Waals surface area contributed by atoms with E-state index in [1.54, 1.807) is 32.9 Å². The van der Waals surface area contributed by atoms with Crippen molar-refractivity contribution in [1.29, 1.82) is 0 Å². The predicted octanol–water partition coefficient (Wildman–Crippen LogP) is 6.44. The Balaban J connectivity index is 1.60. The summed E-state index contributed by atoms with van der Waals surface area (Å²) in [5.74, 6) is -10.5. The first-order chi connectivity index (χ1) is 24.5. The molecule has 1 aliphatic heterocycles. The molecule has 0 fully saturated rings. The van der Waals surface area contributed by atoms with E-state index in [4.69, 9.17) is 4.74 Å². The molecule has 0 spiro atoms. The molecule has 0 aromatic heterocycles. The van der Waals surface area contributed by atoms with E-state index in [-0.39, 0.29) is 58.1 Å². The molecule has 0 bridgehead atoms. The van der Waals surface area contributed by atoms with Crippen molar-refractivity contribution in [2.45, 2.75) is 50.9 Å². The van der Waals surface area contributed by atoms with Crippen LogP contribution in [0.15, 0.2) is 84.0 Å². The summed E-state index contributed by atoms with van der Waals surface area (Å²) in [6.45, 7) is 5.19. The maximum atomic E-state index is 14.8. The van der Waals surface area contributed by atoms with Gasteiger partial charge in [0.25, 0.3) is 0 Å². The Morgan fingerprint density at radius 1 is 0.808 bits per heavy atom. The molecule has 12 heteroatoms. The Kier molecular flexibility index (Phi) is 8.87. The molecule has 0 saturated carbocycles. The summed E-state index contributed by atoms with van der Waals surface area (Å²) >= 11 is 0. The molecular formula is C40H36O12. The number of aromatic hydroxyl groups is 8. The van der Waals surface area contributed by atoms with Crippen molar-refractivity contribution in [1.82, 2.24) is 0 Å². The van der Waals surface area contributed by atoms with Crippen LogP contribution in [0.25, 0.3) is 0 Å². The van der Waals surface area contributed by atoms with Gasteiger partial charge < -0.3 is 45.6 Å². The minimum atomic E-state index is -2.25. The minimum absolute atomic E-state index is 0.180. The van der Waals surface area contributed by atoms with E-state index in [9.17, 15) is 55.2 Å². The van der Waals surface area contributed by atoms with E-state index in [2.05, 4.69) is 0 Å². The van der Waals surface area contributed by atoms with Crippen molar-refractivity contribution in [3.05, 3.63) is 112 Å². The Morgan fingerprint density at radius 3 is 2.04 bits per heavy atom. The van der Waals surface area contributed by atoms with Gasteiger partial charge in [-0.1, -0.05) is 35.4 Å². The number of hydrogen-bond donors (Lipinski definition) is 8. The molecule has 2 aliphatic rings. The molecule has 0 saturated heterocycles. The van der Waals surface area contributed by atoms with E-state index in [0.29, 0.717) is 11.1 Å². The second-order valence-electron chi connectivity index (χ2n) is 13.5. The van der Waals surface area contributed by atoms with Crippen LogP contribution in [0.2, 0.25) is 0 Å². The summed E-state index contributed by atoms with van der Waals surface area (Å²) in [5.41, 5.74) is -1.88. The normalized spacial score (nSPS) is 21.1. The van der Waals surface area contributed by atoms with Crippen molar-refractivity contribution >= 4 is 17.5 Å². The monoisotopic (exact) mass is 708 g/mol. The third-order valence-electron chi connectivity index (χ3n) is 9.83. The first-order valence-corrected chi connectivity index (χ1v) is 16.3. The quantitative estimate of drug-likeness (QED) is 0.0341. The zero-order valence-electron chi connectivity index (χ0n) is 28.3. The third-order valence-corrected chi connectivity index (χ3v) is 9.83.